The lowest BCUT2D eigenvalue weighted by Crippen LogP contribution is -2.05. The topological polar surface area (TPSA) is 58.8 Å². The third kappa shape index (κ3) is 3.07. The first-order valence-electron chi connectivity index (χ1n) is 6.41. The molecule has 1 heterocycles. The summed E-state index contributed by atoms with van der Waals surface area (Å²) < 4.78 is 6.82. The number of benzene rings is 1. The minimum Gasteiger partial charge on any atom is -0.437 e. The number of hydrogen-bond acceptors (Lipinski definition) is 4. The average molecular weight is 379 g/mol. The second-order valence-corrected chi connectivity index (χ2v) is 5.43. The lowest BCUT2D eigenvalue weighted by molar-refractivity contribution is 0.450. The van der Waals surface area contributed by atoms with Gasteiger partial charge in [0.05, 0.1) is 5.69 Å². The van der Waals surface area contributed by atoms with Gasteiger partial charge in [0.25, 0.3) is 5.88 Å². The molecule has 0 aliphatic heterocycles. The Morgan fingerprint density at radius 1 is 1.15 bits per heavy atom. The Bertz CT molecular complexity index is 647. The molecule has 2 aromatic rings. The number of aryl methyl sites for hydroxylation is 1. The molecular formula is C15H14IN3O. The Kier molecular flexibility index (Phi) is 4.90. The maximum Gasteiger partial charge on any atom is 0.257 e. The first kappa shape index (κ1) is 14.7. The highest BCUT2D eigenvalue weighted by molar-refractivity contribution is 14.1. The second kappa shape index (κ2) is 6.66. The summed E-state index contributed by atoms with van der Waals surface area (Å²) in [6, 6.07) is 9.78. The molecule has 0 atom stereocenters. The van der Waals surface area contributed by atoms with Crippen LogP contribution in [0.4, 0.5) is 0 Å². The van der Waals surface area contributed by atoms with Crippen molar-refractivity contribution in [1.82, 2.24) is 10.2 Å². The molecule has 2 rings (SSSR count). The number of nitriles is 1. The van der Waals surface area contributed by atoms with E-state index in [2.05, 4.69) is 38.9 Å². The smallest absolute Gasteiger partial charge is 0.257 e. The molecule has 0 aliphatic carbocycles. The Labute approximate surface area is 131 Å². The summed E-state index contributed by atoms with van der Waals surface area (Å²) in [4.78, 5) is 0. The molecule has 1 aromatic carbocycles. The molecular weight excluding hydrogens is 365 g/mol. The van der Waals surface area contributed by atoms with Gasteiger partial charge in [-0.25, -0.2) is 0 Å². The van der Waals surface area contributed by atoms with E-state index in [0.717, 1.165) is 27.7 Å². The van der Waals surface area contributed by atoms with Crippen molar-refractivity contribution in [2.75, 3.05) is 0 Å². The van der Waals surface area contributed by atoms with Crippen molar-refractivity contribution in [1.29, 1.82) is 5.26 Å². The van der Waals surface area contributed by atoms with Crippen molar-refractivity contribution in [3.63, 3.8) is 0 Å². The Balaban J connectivity index is 2.42. The molecule has 0 bridgehead atoms. The minimum absolute atomic E-state index is 0.280. The number of ether oxygens (including phenoxy) is 1. The van der Waals surface area contributed by atoms with E-state index in [1.54, 1.807) is 0 Å². The van der Waals surface area contributed by atoms with E-state index in [0.29, 0.717) is 11.3 Å². The van der Waals surface area contributed by atoms with Crippen LogP contribution in [0.5, 0.6) is 11.6 Å². The number of rotatable bonds is 4. The molecule has 0 N–H and O–H groups in total. The van der Waals surface area contributed by atoms with Crippen LogP contribution in [0.1, 0.15) is 30.7 Å². The Morgan fingerprint density at radius 3 is 2.40 bits per heavy atom. The molecule has 0 saturated heterocycles. The zero-order chi connectivity index (χ0) is 14.5. The molecule has 0 radical (unpaired) electrons. The third-order valence-corrected chi connectivity index (χ3v) is 3.67. The summed E-state index contributed by atoms with van der Waals surface area (Å²) in [6.45, 7) is 4.01. The normalized spacial score (nSPS) is 10.1. The van der Waals surface area contributed by atoms with Gasteiger partial charge in [0.1, 0.15) is 17.4 Å². The van der Waals surface area contributed by atoms with Gasteiger partial charge in [-0.05, 0) is 65.3 Å². The van der Waals surface area contributed by atoms with Gasteiger partial charge in [-0.1, -0.05) is 13.8 Å². The summed E-state index contributed by atoms with van der Waals surface area (Å²) in [5.41, 5.74) is 2.27. The highest BCUT2D eigenvalue weighted by atomic mass is 127. The van der Waals surface area contributed by atoms with Crippen LogP contribution in [0.3, 0.4) is 0 Å². The molecule has 20 heavy (non-hydrogen) atoms. The van der Waals surface area contributed by atoms with Crippen molar-refractivity contribution < 1.29 is 4.74 Å². The van der Waals surface area contributed by atoms with Gasteiger partial charge in [0, 0.05) is 3.57 Å². The molecule has 5 heteroatoms. The summed E-state index contributed by atoms with van der Waals surface area (Å²) >= 11 is 2.23. The lowest BCUT2D eigenvalue weighted by atomic mass is 10.0. The van der Waals surface area contributed by atoms with Crippen LogP contribution in [-0.4, -0.2) is 10.2 Å². The molecule has 1 aromatic heterocycles. The van der Waals surface area contributed by atoms with Gasteiger partial charge < -0.3 is 4.74 Å². The average Bonchev–Trinajstić information content (AvgIpc) is 2.48. The lowest BCUT2D eigenvalue weighted by Gasteiger charge is -2.11. The fourth-order valence-corrected chi connectivity index (χ4v) is 2.32. The molecule has 4 nitrogen and oxygen atoms in total. The largest absolute Gasteiger partial charge is 0.437 e. The Morgan fingerprint density at radius 2 is 1.85 bits per heavy atom. The highest BCUT2D eigenvalue weighted by Gasteiger charge is 2.15. The van der Waals surface area contributed by atoms with E-state index < -0.39 is 0 Å². The fraction of sp³-hybridized carbons (Fsp3) is 0.267. The van der Waals surface area contributed by atoms with Gasteiger partial charge in [-0.3, -0.25) is 0 Å². The summed E-state index contributed by atoms with van der Waals surface area (Å²) in [5, 5.41) is 17.6. The summed E-state index contributed by atoms with van der Waals surface area (Å²) in [7, 11) is 0. The number of hydrogen-bond donors (Lipinski definition) is 0. The Hall–Kier alpha value is -1.68. The van der Waals surface area contributed by atoms with Crippen molar-refractivity contribution >= 4 is 22.6 Å². The number of aromatic nitrogens is 2. The minimum atomic E-state index is 0.280. The molecule has 102 valence electrons. The second-order valence-electron chi connectivity index (χ2n) is 4.18. The number of nitrogens with zero attached hydrogens (tertiary/aromatic N) is 3. The maximum absolute atomic E-state index is 9.37. The van der Waals surface area contributed by atoms with Crippen LogP contribution in [0, 0.1) is 14.9 Å². The molecule has 0 amide bonds. The molecule has 0 saturated carbocycles. The van der Waals surface area contributed by atoms with Crippen LogP contribution in [0.2, 0.25) is 0 Å². The molecule has 0 fully saturated rings. The van der Waals surface area contributed by atoms with Crippen molar-refractivity contribution in [3.8, 4) is 17.7 Å². The first-order valence-corrected chi connectivity index (χ1v) is 7.49. The standard InChI is InChI=1S/C15H14IN3O/c1-3-12-13(9-17)15(19-18-14(12)4-2)20-11-7-5-10(16)6-8-11/h5-8H,3-4H2,1-2H3. The van der Waals surface area contributed by atoms with Crippen molar-refractivity contribution in [2.45, 2.75) is 26.7 Å². The summed E-state index contributed by atoms with van der Waals surface area (Å²) in [6.07, 6.45) is 1.50. The maximum atomic E-state index is 9.37. The predicted molar refractivity (Wildman–Crippen MR) is 84.7 cm³/mol. The van der Waals surface area contributed by atoms with E-state index in [9.17, 15) is 5.26 Å². The predicted octanol–water partition coefficient (Wildman–Crippen LogP) is 3.87. The van der Waals surface area contributed by atoms with Crippen LogP contribution < -0.4 is 4.74 Å². The number of halogens is 1. The molecule has 0 unspecified atom stereocenters. The van der Waals surface area contributed by atoms with Gasteiger partial charge >= 0.3 is 0 Å². The van der Waals surface area contributed by atoms with Gasteiger partial charge in [-0.2, -0.15) is 10.4 Å². The summed E-state index contributed by atoms with van der Waals surface area (Å²) in [5.74, 6) is 0.935. The van der Waals surface area contributed by atoms with Gasteiger partial charge in [-0.15, -0.1) is 5.10 Å². The zero-order valence-corrected chi connectivity index (χ0v) is 13.5. The quantitative estimate of drug-likeness (QED) is 0.757. The van der Waals surface area contributed by atoms with E-state index in [1.165, 1.54) is 0 Å². The molecule has 0 spiro atoms. The fourth-order valence-electron chi connectivity index (χ4n) is 1.96. The van der Waals surface area contributed by atoms with Crippen LogP contribution in [0.15, 0.2) is 24.3 Å². The van der Waals surface area contributed by atoms with Gasteiger partial charge in [0.15, 0.2) is 0 Å². The van der Waals surface area contributed by atoms with Crippen molar-refractivity contribution in [3.05, 3.63) is 44.7 Å². The zero-order valence-electron chi connectivity index (χ0n) is 11.4. The monoisotopic (exact) mass is 379 g/mol. The third-order valence-electron chi connectivity index (χ3n) is 2.95. The van der Waals surface area contributed by atoms with E-state index in [1.807, 2.05) is 38.1 Å². The van der Waals surface area contributed by atoms with Crippen LogP contribution >= 0.6 is 22.6 Å². The van der Waals surface area contributed by atoms with E-state index >= 15 is 0 Å². The van der Waals surface area contributed by atoms with Crippen LogP contribution in [0.25, 0.3) is 0 Å². The van der Waals surface area contributed by atoms with Crippen LogP contribution in [-0.2, 0) is 12.8 Å². The highest BCUT2D eigenvalue weighted by Crippen LogP contribution is 2.26. The first-order chi connectivity index (χ1) is 9.69. The molecule has 0 aliphatic rings. The van der Waals surface area contributed by atoms with E-state index in [-0.39, 0.29) is 5.88 Å². The van der Waals surface area contributed by atoms with Gasteiger partial charge in [0.2, 0.25) is 0 Å². The SMILES string of the molecule is CCc1nnc(Oc2ccc(I)cc2)c(C#N)c1CC. The van der Waals surface area contributed by atoms with Crippen molar-refractivity contribution in [2.24, 2.45) is 0 Å². The van der Waals surface area contributed by atoms with E-state index in [4.69, 9.17) is 4.74 Å².